The van der Waals surface area contributed by atoms with Crippen LogP contribution in [0.2, 0.25) is 0 Å². The first-order chi connectivity index (χ1) is 13.3. The SMILES string of the molecule is COc1ccc(C(C)C)cc1S(=O)(=O)N1CCC[C@@H](C(=O)N2CCCCC2)C1. The van der Waals surface area contributed by atoms with Crippen molar-refractivity contribution in [2.24, 2.45) is 5.92 Å². The maximum atomic E-state index is 13.4. The fraction of sp³-hybridized carbons (Fsp3) is 0.667. The van der Waals surface area contributed by atoms with Crippen molar-refractivity contribution in [3.05, 3.63) is 23.8 Å². The monoisotopic (exact) mass is 408 g/mol. The highest BCUT2D eigenvalue weighted by atomic mass is 32.2. The first-order valence-corrected chi connectivity index (χ1v) is 11.8. The van der Waals surface area contributed by atoms with Crippen LogP contribution >= 0.6 is 0 Å². The summed E-state index contributed by atoms with van der Waals surface area (Å²) in [5.41, 5.74) is 0.956. The summed E-state index contributed by atoms with van der Waals surface area (Å²) in [6, 6.07) is 5.35. The van der Waals surface area contributed by atoms with Gasteiger partial charge >= 0.3 is 0 Å². The minimum absolute atomic E-state index is 0.113. The fourth-order valence-electron chi connectivity index (χ4n) is 4.13. The number of hydrogen-bond acceptors (Lipinski definition) is 4. The Labute approximate surface area is 168 Å². The van der Waals surface area contributed by atoms with Gasteiger partial charge in [0.1, 0.15) is 10.6 Å². The predicted octanol–water partition coefficient (Wildman–Crippen LogP) is 3.23. The van der Waals surface area contributed by atoms with Gasteiger partial charge in [-0.3, -0.25) is 4.79 Å². The van der Waals surface area contributed by atoms with Gasteiger partial charge in [0.05, 0.1) is 13.0 Å². The second-order valence-electron chi connectivity index (χ2n) is 8.15. The summed E-state index contributed by atoms with van der Waals surface area (Å²) in [5.74, 6) is 0.437. The average Bonchev–Trinajstić information content (AvgIpc) is 2.73. The van der Waals surface area contributed by atoms with E-state index in [1.807, 2.05) is 24.8 Å². The van der Waals surface area contributed by atoms with Crippen LogP contribution in [0.3, 0.4) is 0 Å². The molecule has 1 aromatic carbocycles. The van der Waals surface area contributed by atoms with Crippen LogP contribution in [-0.2, 0) is 14.8 Å². The molecule has 1 aromatic rings. The summed E-state index contributed by atoms with van der Waals surface area (Å²) in [6.45, 7) is 6.37. The Bertz CT molecular complexity index is 801. The van der Waals surface area contributed by atoms with Crippen molar-refractivity contribution in [1.29, 1.82) is 0 Å². The molecule has 3 rings (SSSR count). The van der Waals surface area contributed by atoms with Gasteiger partial charge in [0, 0.05) is 26.2 Å². The summed E-state index contributed by atoms with van der Waals surface area (Å²) >= 11 is 0. The van der Waals surface area contributed by atoms with Crippen LogP contribution < -0.4 is 4.74 Å². The van der Waals surface area contributed by atoms with Crippen molar-refractivity contribution in [1.82, 2.24) is 9.21 Å². The minimum Gasteiger partial charge on any atom is -0.495 e. The van der Waals surface area contributed by atoms with Gasteiger partial charge in [-0.15, -0.1) is 0 Å². The lowest BCUT2D eigenvalue weighted by Crippen LogP contribution is -2.47. The Morgan fingerprint density at radius 3 is 2.46 bits per heavy atom. The molecule has 2 heterocycles. The largest absolute Gasteiger partial charge is 0.495 e. The molecule has 0 radical (unpaired) electrons. The molecule has 0 spiro atoms. The van der Waals surface area contributed by atoms with Crippen LogP contribution in [0.15, 0.2) is 23.1 Å². The number of ether oxygens (including phenoxy) is 1. The average molecular weight is 409 g/mol. The molecule has 0 bridgehead atoms. The molecular weight excluding hydrogens is 376 g/mol. The number of amides is 1. The van der Waals surface area contributed by atoms with Gasteiger partial charge in [0.2, 0.25) is 15.9 Å². The predicted molar refractivity (Wildman–Crippen MR) is 109 cm³/mol. The topological polar surface area (TPSA) is 66.9 Å². The van der Waals surface area contributed by atoms with Crippen molar-refractivity contribution in [3.63, 3.8) is 0 Å². The van der Waals surface area contributed by atoms with Crippen LogP contribution in [0.25, 0.3) is 0 Å². The third kappa shape index (κ3) is 4.35. The number of hydrogen-bond donors (Lipinski definition) is 0. The highest BCUT2D eigenvalue weighted by Crippen LogP contribution is 2.33. The molecule has 2 fully saturated rings. The summed E-state index contributed by atoms with van der Waals surface area (Å²) in [5, 5.41) is 0. The van der Waals surface area contributed by atoms with Crippen LogP contribution in [0.5, 0.6) is 5.75 Å². The molecule has 2 aliphatic rings. The number of rotatable bonds is 5. The molecule has 2 aliphatic heterocycles. The Morgan fingerprint density at radius 2 is 1.82 bits per heavy atom. The van der Waals surface area contributed by atoms with Crippen molar-refractivity contribution >= 4 is 15.9 Å². The lowest BCUT2D eigenvalue weighted by molar-refractivity contribution is -0.137. The molecule has 156 valence electrons. The van der Waals surface area contributed by atoms with Gasteiger partial charge < -0.3 is 9.64 Å². The summed E-state index contributed by atoms with van der Waals surface area (Å²) in [6.07, 6.45) is 4.71. The van der Waals surface area contributed by atoms with Gasteiger partial charge in [0.15, 0.2) is 0 Å². The molecule has 0 aliphatic carbocycles. The Balaban J connectivity index is 1.83. The van der Waals surface area contributed by atoms with Crippen molar-refractivity contribution in [3.8, 4) is 5.75 Å². The van der Waals surface area contributed by atoms with Crippen LogP contribution in [-0.4, -0.2) is 56.8 Å². The Kier molecular flexibility index (Phi) is 6.65. The van der Waals surface area contributed by atoms with E-state index in [1.165, 1.54) is 17.8 Å². The second-order valence-corrected chi connectivity index (χ2v) is 10.1. The first-order valence-electron chi connectivity index (χ1n) is 10.3. The van der Waals surface area contributed by atoms with Crippen molar-refractivity contribution < 1.29 is 17.9 Å². The lowest BCUT2D eigenvalue weighted by atomic mass is 9.97. The number of carbonyl (C=O) groups excluding carboxylic acids is 1. The molecule has 28 heavy (non-hydrogen) atoms. The van der Waals surface area contributed by atoms with Crippen molar-refractivity contribution in [2.75, 3.05) is 33.3 Å². The maximum absolute atomic E-state index is 13.4. The number of benzene rings is 1. The van der Waals surface area contributed by atoms with Crippen LogP contribution in [0.1, 0.15) is 57.4 Å². The lowest BCUT2D eigenvalue weighted by Gasteiger charge is -2.35. The number of likely N-dealkylation sites (tertiary alicyclic amines) is 1. The van der Waals surface area contributed by atoms with E-state index in [0.717, 1.165) is 37.9 Å². The number of sulfonamides is 1. The van der Waals surface area contributed by atoms with Gasteiger partial charge in [-0.25, -0.2) is 8.42 Å². The summed E-state index contributed by atoms with van der Waals surface area (Å²) in [7, 11) is -2.23. The molecule has 1 atom stereocenters. The molecule has 7 heteroatoms. The Hall–Kier alpha value is -1.60. The molecule has 0 saturated carbocycles. The summed E-state index contributed by atoms with van der Waals surface area (Å²) in [4.78, 5) is 15.0. The fourth-order valence-corrected chi connectivity index (χ4v) is 5.84. The molecule has 1 amide bonds. The number of nitrogens with zero attached hydrogens (tertiary/aromatic N) is 2. The number of piperidine rings is 2. The first kappa shape index (κ1) is 21.1. The molecule has 0 unspecified atom stereocenters. The van der Waals surface area contributed by atoms with Gasteiger partial charge in [-0.05, 0) is 55.7 Å². The molecule has 6 nitrogen and oxygen atoms in total. The van der Waals surface area contributed by atoms with E-state index in [1.54, 1.807) is 12.1 Å². The highest BCUT2D eigenvalue weighted by Gasteiger charge is 2.36. The smallest absolute Gasteiger partial charge is 0.246 e. The Morgan fingerprint density at radius 1 is 1.11 bits per heavy atom. The number of methoxy groups -OCH3 is 1. The minimum atomic E-state index is -3.72. The van der Waals surface area contributed by atoms with Gasteiger partial charge in [-0.2, -0.15) is 4.31 Å². The van der Waals surface area contributed by atoms with E-state index in [4.69, 9.17) is 4.74 Å². The van der Waals surface area contributed by atoms with Crippen LogP contribution in [0, 0.1) is 5.92 Å². The van der Waals surface area contributed by atoms with E-state index in [2.05, 4.69) is 0 Å². The van der Waals surface area contributed by atoms with E-state index in [9.17, 15) is 13.2 Å². The third-order valence-electron chi connectivity index (χ3n) is 5.87. The quantitative estimate of drug-likeness (QED) is 0.750. The molecule has 0 N–H and O–H groups in total. The standard InChI is InChI=1S/C21H32N2O4S/c1-16(2)17-9-10-19(27-3)20(14-17)28(25,26)23-13-7-8-18(15-23)21(24)22-11-5-4-6-12-22/h9-10,14,16,18H,4-8,11-13,15H2,1-3H3/t18-/m1/s1. The zero-order valence-electron chi connectivity index (χ0n) is 17.2. The van der Waals surface area contributed by atoms with E-state index in [-0.39, 0.29) is 29.2 Å². The van der Waals surface area contributed by atoms with E-state index < -0.39 is 10.0 Å². The zero-order chi connectivity index (χ0) is 20.3. The maximum Gasteiger partial charge on any atom is 0.246 e. The summed E-state index contributed by atoms with van der Waals surface area (Å²) < 4.78 is 33.6. The number of carbonyl (C=O) groups is 1. The molecular formula is C21H32N2O4S. The highest BCUT2D eigenvalue weighted by molar-refractivity contribution is 7.89. The normalized spacial score (nSPS) is 21.7. The molecule has 2 saturated heterocycles. The third-order valence-corrected chi connectivity index (χ3v) is 7.76. The zero-order valence-corrected chi connectivity index (χ0v) is 18.0. The second kappa shape index (κ2) is 8.82. The van der Waals surface area contributed by atoms with Crippen molar-refractivity contribution in [2.45, 2.75) is 56.8 Å². The van der Waals surface area contributed by atoms with E-state index in [0.29, 0.717) is 18.7 Å². The molecule has 0 aromatic heterocycles. The van der Waals surface area contributed by atoms with Gasteiger partial charge in [0.25, 0.3) is 0 Å². The van der Waals surface area contributed by atoms with E-state index >= 15 is 0 Å². The van der Waals surface area contributed by atoms with Gasteiger partial charge in [-0.1, -0.05) is 19.9 Å². The van der Waals surface area contributed by atoms with Crippen LogP contribution in [0.4, 0.5) is 0 Å².